The largest absolute Gasteiger partial charge is 0.468 e. The zero-order chi connectivity index (χ0) is 23.9. The number of esters is 1. The molecule has 32 heavy (non-hydrogen) atoms. The van der Waals surface area contributed by atoms with Gasteiger partial charge in [0.2, 0.25) is 15.9 Å². The number of amides is 2. The molecular weight excluding hydrogens is 434 g/mol. The molecule has 2 rings (SSSR count). The molecule has 0 aliphatic heterocycles. The van der Waals surface area contributed by atoms with E-state index in [1.165, 1.54) is 31.4 Å². The average molecular weight is 462 g/mol. The molecule has 0 spiro atoms. The van der Waals surface area contributed by atoms with Crippen LogP contribution in [0.3, 0.4) is 0 Å². The summed E-state index contributed by atoms with van der Waals surface area (Å²) >= 11 is 0. The fraction of sp³-hybridized carbons (Fsp3) is 0.318. The molecule has 0 radical (unpaired) electrons. The third kappa shape index (κ3) is 7.78. The number of nitrogens with one attached hydrogen (secondary N) is 3. The number of carbonyl (C=O) groups is 3. The molecule has 0 heterocycles. The van der Waals surface area contributed by atoms with Gasteiger partial charge in [0, 0.05) is 16.8 Å². The minimum Gasteiger partial charge on any atom is -0.468 e. The van der Waals surface area contributed by atoms with Gasteiger partial charge in [0.05, 0.1) is 18.4 Å². The zero-order valence-corrected chi connectivity index (χ0v) is 19.2. The first-order valence-corrected chi connectivity index (χ1v) is 11.3. The van der Waals surface area contributed by atoms with Gasteiger partial charge in [-0.3, -0.25) is 14.4 Å². The molecule has 10 heteroatoms. The second-order valence-corrected chi connectivity index (χ2v) is 9.74. The van der Waals surface area contributed by atoms with Gasteiger partial charge in [0.1, 0.15) is 6.54 Å². The van der Waals surface area contributed by atoms with Crippen LogP contribution in [0.2, 0.25) is 0 Å². The third-order valence-corrected chi connectivity index (χ3v) is 5.88. The molecule has 0 aromatic heterocycles. The minimum atomic E-state index is -3.68. The van der Waals surface area contributed by atoms with Crippen molar-refractivity contribution in [2.24, 2.45) is 0 Å². The molecule has 0 atom stereocenters. The number of hydrogen-bond acceptors (Lipinski definition) is 6. The average Bonchev–Trinajstić information content (AvgIpc) is 2.71. The summed E-state index contributed by atoms with van der Waals surface area (Å²) in [5, 5.41) is 5.16. The molecule has 9 nitrogen and oxygen atoms in total. The first-order chi connectivity index (χ1) is 14.9. The normalized spacial score (nSPS) is 11.5. The predicted molar refractivity (Wildman–Crippen MR) is 120 cm³/mol. The summed E-state index contributed by atoms with van der Waals surface area (Å²) < 4.78 is 31.7. The minimum absolute atomic E-state index is 0.0683. The van der Waals surface area contributed by atoms with E-state index in [0.717, 1.165) is 0 Å². The van der Waals surface area contributed by atoms with Crippen LogP contribution < -0.4 is 15.4 Å². The zero-order valence-electron chi connectivity index (χ0n) is 18.4. The number of hydrogen-bond donors (Lipinski definition) is 3. The maximum absolute atomic E-state index is 12.5. The van der Waals surface area contributed by atoms with E-state index in [0.29, 0.717) is 16.8 Å². The summed E-state index contributed by atoms with van der Waals surface area (Å²) in [7, 11) is -2.45. The monoisotopic (exact) mass is 461 g/mol. The van der Waals surface area contributed by atoms with Crippen LogP contribution in [-0.4, -0.2) is 45.4 Å². The highest BCUT2D eigenvalue weighted by molar-refractivity contribution is 7.89. The van der Waals surface area contributed by atoms with Crippen LogP contribution in [0.1, 0.15) is 36.7 Å². The summed E-state index contributed by atoms with van der Waals surface area (Å²) in [5.41, 5.74) is 0.889. The molecule has 0 saturated heterocycles. The quantitative estimate of drug-likeness (QED) is 0.514. The van der Waals surface area contributed by atoms with Crippen molar-refractivity contribution < 1.29 is 27.5 Å². The predicted octanol–water partition coefficient (Wildman–Crippen LogP) is 1.85. The lowest BCUT2D eigenvalue weighted by Crippen LogP contribution is -2.40. The Labute approximate surface area is 187 Å². The van der Waals surface area contributed by atoms with E-state index >= 15 is 0 Å². The highest BCUT2D eigenvalue weighted by Crippen LogP contribution is 2.16. The van der Waals surface area contributed by atoms with Crippen LogP contribution in [-0.2, 0) is 30.8 Å². The number of rotatable bonds is 8. The first kappa shape index (κ1) is 25.0. The maximum atomic E-state index is 12.5. The summed E-state index contributed by atoms with van der Waals surface area (Å²) in [6.45, 7) is 5.03. The van der Waals surface area contributed by atoms with Crippen LogP contribution in [0, 0.1) is 0 Å². The van der Waals surface area contributed by atoms with Gasteiger partial charge in [-0.1, -0.05) is 12.1 Å². The number of ether oxygens (including phenoxy) is 1. The van der Waals surface area contributed by atoms with Crippen LogP contribution >= 0.6 is 0 Å². The van der Waals surface area contributed by atoms with Crippen molar-refractivity contribution in [3.05, 3.63) is 59.7 Å². The van der Waals surface area contributed by atoms with E-state index in [1.807, 2.05) is 0 Å². The molecule has 0 bridgehead atoms. The van der Waals surface area contributed by atoms with Crippen LogP contribution in [0.25, 0.3) is 0 Å². The summed E-state index contributed by atoms with van der Waals surface area (Å²) in [5.74, 6) is -1.27. The fourth-order valence-corrected chi connectivity index (χ4v) is 4.07. The van der Waals surface area contributed by atoms with Gasteiger partial charge in [-0.15, -0.1) is 0 Å². The molecule has 0 aliphatic rings. The van der Waals surface area contributed by atoms with Gasteiger partial charge in [-0.25, -0.2) is 13.1 Å². The second kappa shape index (κ2) is 10.4. The van der Waals surface area contributed by atoms with E-state index in [9.17, 15) is 22.8 Å². The lowest BCUT2D eigenvalue weighted by Gasteiger charge is -2.20. The Morgan fingerprint density at radius 2 is 1.53 bits per heavy atom. The Hall–Kier alpha value is -3.24. The Balaban J connectivity index is 1.96. The number of methoxy groups -OCH3 is 1. The van der Waals surface area contributed by atoms with E-state index < -0.39 is 27.4 Å². The first-order valence-electron chi connectivity index (χ1n) is 9.77. The topological polar surface area (TPSA) is 131 Å². The van der Waals surface area contributed by atoms with Gasteiger partial charge in [0.15, 0.2) is 0 Å². The number of benzene rings is 2. The molecule has 3 N–H and O–H groups in total. The van der Waals surface area contributed by atoms with Crippen molar-refractivity contribution in [2.45, 2.75) is 37.6 Å². The Bertz CT molecular complexity index is 1070. The summed E-state index contributed by atoms with van der Waals surface area (Å²) in [4.78, 5) is 35.4. The molecular formula is C22H27N3O6S. The number of carbonyl (C=O) groups excluding carboxylic acids is 3. The number of sulfonamides is 1. The smallest absolute Gasteiger partial charge is 0.325 e. The van der Waals surface area contributed by atoms with Crippen molar-refractivity contribution >= 4 is 33.5 Å². The van der Waals surface area contributed by atoms with Crippen molar-refractivity contribution in [1.82, 2.24) is 10.0 Å². The highest BCUT2D eigenvalue weighted by Gasteiger charge is 2.22. The molecule has 0 unspecified atom stereocenters. The number of anilines is 1. The lowest BCUT2D eigenvalue weighted by atomic mass is 10.1. The maximum Gasteiger partial charge on any atom is 0.325 e. The van der Waals surface area contributed by atoms with Crippen LogP contribution in [0.4, 0.5) is 5.69 Å². The van der Waals surface area contributed by atoms with Gasteiger partial charge in [-0.05, 0) is 62.7 Å². The SMILES string of the molecule is COC(=O)CNC(=O)Cc1ccc(NC(=O)c2ccc(S(=O)(=O)NC(C)(C)C)cc2)cc1. The third-order valence-electron chi connectivity index (χ3n) is 4.10. The molecule has 2 amide bonds. The molecule has 172 valence electrons. The van der Waals surface area contributed by atoms with E-state index in [2.05, 4.69) is 20.1 Å². The van der Waals surface area contributed by atoms with Gasteiger partial charge < -0.3 is 15.4 Å². The molecule has 0 fully saturated rings. The van der Waals surface area contributed by atoms with Crippen molar-refractivity contribution in [3.8, 4) is 0 Å². The second-order valence-electron chi connectivity index (χ2n) is 8.06. The lowest BCUT2D eigenvalue weighted by molar-refractivity contribution is -0.141. The fourth-order valence-electron chi connectivity index (χ4n) is 2.65. The highest BCUT2D eigenvalue weighted by atomic mass is 32.2. The Morgan fingerprint density at radius 1 is 0.938 bits per heavy atom. The molecule has 2 aromatic rings. The summed E-state index contributed by atoms with van der Waals surface area (Å²) in [6, 6.07) is 12.3. The van der Waals surface area contributed by atoms with Crippen molar-refractivity contribution in [2.75, 3.05) is 19.0 Å². The van der Waals surface area contributed by atoms with Crippen LogP contribution in [0.15, 0.2) is 53.4 Å². The van der Waals surface area contributed by atoms with E-state index in [1.54, 1.807) is 45.0 Å². The van der Waals surface area contributed by atoms with Crippen molar-refractivity contribution in [3.63, 3.8) is 0 Å². The Morgan fingerprint density at radius 3 is 2.06 bits per heavy atom. The molecule has 0 aliphatic carbocycles. The van der Waals surface area contributed by atoms with E-state index in [-0.39, 0.29) is 23.8 Å². The molecule has 2 aromatic carbocycles. The van der Waals surface area contributed by atoms with Crippen LogP contribution in [0.5, 0.6) is 0 Å². The summed E-state index contributed by atoms with van der Waals surface area (Å²) in [6.07, 6.45) is 0.0732. The van der Waals surface area contributed by atoms with E-state index in [4.69, 9.17) is 0 Å². The Kier molecular flexibility index (Phi) is 8.12. The van der Waals surface area contributed by atoms with Crippen molar-refractivity contribution in [1.29, 1.82) is 0 Å². The molecule has 0 saturated carbocycles. The standard InChI is InChI=1S/C22H27N3O6S/c1-22(2,3)25-32(29,30)18-11-7-16(8-12-18)21(28)24-17-9-5-15(6-10-17)13-19(26)23-14-20(27)31-4/h5-12,25H,13-14H2,1-4H3,(H,23,26)(H,24,28). The van der Waals surface area contributed by atoms with Gasteiger partial charge in [-0.2, -0.15) is 0 Å². The van der Waals surface area contributed by atoms with Gasteiger partial charge in [0.25, 0.3) is 5.91 Å². The van der Waals surface area contributed by atoms with Gasteiger partial charge >= 0.3 is 5.97 Å².